The van der Waals surface area contributed by atoms with Gasteiger partial charge in [-0.3, -0.25) is 0 Å². The van der Waals surface area contributed by atoms with Crippen LogP contribution in [-0.2, 0) is 0 Å². The third-order valence-corrected chi connectivity index (χ3v) is 7.55. The van der Waals surface area contributed by atoms with Gasteiger partial charge in [0, 0.05) is 24.1 Å². The molecule has 0 radical (unpaired) electrons. The van der Waals surface area contributed by atoms with Gasteiger partial charge in [0.25, 0.3) is 0 Å². The Morgan fingerprint density at radius 3 is 2.06 bits per heavy atom. The van der Waals surface area contributed by atoms with Gasteiger partial charge in [0.2, 0.25) is 0 Å². The number of hydrogen-bond acceptors (Lipinski definition) is 3. The maximum absolute atomic E-state index is 11.9. The van der Waals surface area contributed by atoms with E-state index in [4.69, 9.17) is 0 Å². The van der Waals surface area contributed by atoms with Gasteiger partial charge in [-0.25, -0.2) is 4.79 Å². The van der Waals surface area contributed by atoms with Crippen molar-refractivity contribution in [2.24, 2.45) is 0 Å². The van der Waals surface area contributed by atoms with Gasteiger partial charge in [0.1, 0.15) is 0 Å². The lowest BCUT2D eigenvalue weighted by atomic mass is 9.84. The van der Waals surface area contributed by atoms with Crippen molar-refractivity contribution in [1.29, 1.82) is 0 Å². The maximum atomic E-state index is 11.9. The second-order valence-corrected chi connectivity index (χ2v) is 9.99. The van der Waals surface area contributed by atoms with Gasteiger partial charge in [-0.2, -0.15) is 0 Å². The molecule has 0 atom stereocenters. The lowest BCUT2D eigenvalue weighted by Gasteiger charge is -2.24. The van der Waals surface area contributed by atoms with Gasteiger partial charge >= 0.3 is 5.97 Å². The van der Waals surface area contributed by atoms with Crippen molar-refractivity contribution in [1.82, 2.24) is 0 Å². The number of nitrogens with zero attached hydrogens (tertiary/aromatic N) is 1. The molecule has 4 heteroatoms. The SMILES string of the molecule is Cc1cc(N(C)c2ccc(C3CCCCC3)cc2)ccc1Nc1ccc(C2CC2)cc1C(=O)O. The number of hydrogen-bond donors (Lipinski definition) is 2. The Morgan fingerprint density at radius 2 is 1.41 bits per heavy atom. The number of carboxylic acids is 1. The van der Waals surface area contributed by atoms with Crippen molar-refractivity contribution < 1.29 is 9.90 Å². The van der Waals surface area contributed by atoms with Gasteiger partial charge in [-0.15, -0.1) is 0 Å². The summed E-state index contributed by atoms with van der Waals surface area (Å²) >= 11 is 0. The Balaban J connectivity index is 1.32. The highest BCUT2D eigenvalue weighted by atomic mass is 16.4. The lowest BCUT2D eigenvalue weighted by molar-refractivity contribution is 0.0698. The van der Waals surface area contributed by atoms with E-state index in [0.29, 0.717) is 17.2 Å². The standard InChI is InChI=1S/C30H34N2O2/c1-20-18-26(32(2)25-13-10-22(11-14-25)21-6-4-3-5-7-21)15-17-28(20)31-29-16-12-24(23-8-9-23)19-27(29)30(33)34/h10-19,21,23,31H,3-9H2,1-2H3,(H,33,34). The highest BCUT2D eigenvalue weighted by Crippen LogP contribution is 2.41. The Kier molecular flexibility index (Phi) is 6.32. The molecule has 0 heterocycles. The number of carboxylic acid groups (broad SMARTS) is 1. The lowest BCUT2D eigenvalue weighted by Crippen LogP contribution is -2.11. The fourth-order valence-corrected chi connectivity index (χ4v) is 5.22. The molecule has 0 saturated heterocycles. The summed E-state index contributed by atoms with van der Waals surface area (Å²) in [6.45, 7) is 2.06. The molecule has 0 spiro atoms. The minimum atomic E-state index is -0.893. The van der Waals surface area contributed by atoms with Crippen LogP contribution in [0.1, 0.15) is 83.8 Å². The quantitative estimate of drug-likeness (QED) is 0.378. The second kappa shape index (κ2) is 9.54. The van der Waals surface area contributed by atoms with Crippen molar-refractivity contribution in [2.75, 3.05) is 17.3 Å². The Labute approximate surface area is 202 Å². The summed E-state index contributed by atoms with van der Waals surface area (Å²) in [5, 5.41) is 13.1. The van der Waals surface area contributed by atoms with Gasteiger partial charge in [0.15, 0.2) is 0 Å². The van der Waals surface area contributed by atoms with Crippen LogP contribution in [0.2, 0.25) is 0 Å². The maximum Gasteiger partial charge on any atom is 0.337 e. The van der Waals surface area contributed by atoms with Gasteiger partial charge in [-0.05, 0) is 104 Å². The van der Waals surface area contributed by atoms with Crippen molar-refractivity contribution in [2.45, 2.75) is 63.7 Å². The molecule has 176 valence electrons. The number of rotatable bonds is 7. The van der Waals surface area contributed by atoms with E-state index < -0.39 is 5.97 Å². The van der Waals surface area contributed by atoms with E-state index in [1.807, 2.05) is 18.2 Å². The first-order valence-electron chi connectivity index (χ1n) is 12.6. The van der Waals surface area contributed by atoms with Crippen molar-refractivity contribution in [3.05, 3.63) is 82.9 Å². The first-order chi connectivity index (χ1) is 16.5. The zero-order valence-electron chi connectivity index (χ0n) is 20.2. The average molecular weight is 455 g/mol. The molecule has 2 aliphatic rings. The van der Waals surface area contributed by atoms with Gasteiger partial charge in [0.05, 0.1) is 11.3 Å². The van der Waals surface area contributed by atoms with Gasteiger partial charge < -0.3 is 15.3 Å². The monoisotopic (exact) mass is 454 g/mol. The predicted molar refractivity (Wildman–Crippen MR) is 140 cm³/mol. The van der Waals surface area contributed by atoms with Crippen LogP contribution >= 0.6 is 0 Å². The molecule has 2 N–H and O–H groups in total. The first kappa shape index (κ1) is 22.5. The summed E-state index contributed by atoms with van der Waals surface area (Å²) in [4.78, 5) is 14.1. The van der Waals surface area contributed by atoms with Crippen LogP contribution in [0.3, 0.4) is 0 Å². The van der Waals surface area contributed by atoms with Crippen LogP contribution in [-0.4, -0.2) is 18.1 Å². The highest BCUT2D eigenvalue weighted by Gasteiger charge is 2.25. The molecule has 0 bridgehead atoms. The van der Waals surface area contributed by atoms with Crippen molar-refractivity contribution >= 4 is 28.7 Å². The molecule has 0 aromatic heterocycles. The number of anilines is 4. The highest BCUT2D eigenvalue weighted by molar-refractivity contribution is 5.95. The third kappa shape index (κ3) is 4.82. The number of nitrogens with one attached hydrogen (secondary N) is 1. The summed E-state index contributed by atoms with van der Waals surface area (Å²) in [5.74, 6) is 0.353. The number of aromatic carboxylic acids is 1. The van der Waals surface area contributed by atoms with Crippen molar-refractivity contribution in [3.63, 3.8) is 0 Å². The van der Waals surface area contributed by atoms with Crippen LogP contribution in [0.4, 0.5) is 22.7 Å². The molecule has 2 fully saturated rings. The average Bonchev–Trinajstić information content (AvgIpc) is 3.71. The fourth-order valence-electron chi connectivity index (χ4n) is 5.22. The van der Waals surface area contributed by atoms with E-state index in [1.54, 1.807) is 0 Å². The largest absolute Gasteiger partial charge is 0.478 e. The Morgan fingerprint density at radius 1 is 0.794 bits per heavy atom. The van der Waals surface area contributed by atoms with E-state index >= 15 is 0 Å². The van der Waals surface area contributed by atoms with Crippen LogP contribution in [0, 0.1) is 6.92 Å². The van der Waals surface area contributed by atoms with Crippen LogP contribution in [0.15, 0.2) is 60.7 Å². The first-order valence-corrected chi connectivity index (χ1v) is 12.6. The zero-order chi connectivity index (χ0) is 23.7. The summed E-state index contributed by atoms with van der Waals surface area (Å²) in [6.07, 6.45) is 9.03. The zero-order valence-corrected chi connectivity index (χ0v) is 20.2. The molecule has 3 aromatic carbocycles. The summed E-state index contributed by atoms with van der Waals surface area (Å²) in [6, 6.07) is 21.1. The molecular weight excluding hydrogens is 420 g/mol. The summed E-state index contributed by atoms with van der Waals surface area (Å²) in [7, 11) is 2.09. The molecule has 34 heavy (non-hydrogen) atoms. The molecule has 0 unspecified atom stereocenters. The van der Waals surface area contributed by atoms with Crippen LogP contribution in [0.25, 0.3) is 0 Å². The second-order valence-electron chi connectivity index (χ2n) is 9.99. The van der Waals surface area contributed by atoms with Crippen LogP contribution < -0.4 is 10.2 Å². The van der Waals surface area contributed by atoms with E-state index in [9.17, 15) is 9.90 Å². The predicted octanol–water partition coefficient (Wildman–Crippen LogP) is 8.13. The minimum Gasteiger partial charge on any atom is -0.478 e. The fraction of sp³-hybridized carbons (Fsp3) is 0.367. The minimum absolute atomic E-state index is 0.336. The van der Waals surface area contributed by atoms with Crippen LogP contribution in [0.5, 0.6) is 0 Å². The van der Waals surface area contributed by atoms with E-state index in [1.165, 1.54) is 43.4 Å². The topological polar surface area (TPSA) is 52.6 Å². The number of carbonyl (C=O) groups is 1. The normalized spacial score (nSPS) is 16.3. The molecule has 2 aliphatic carbocycles. The summed E-state index contributed by atoms with van der Waals surface area (Å²) in [5.41, 5.74) is 7.85. The molecule has 4 nitrogen and oxygen atoms in total. The number of aryl methyl sites for hydroxylation is 1. The molecule has 0 aliphatic heterocycles. The van der Waals surface area contributed by atoms with E-state index in [2.05, 4.69) is 66.7 Å². The van der Waals surface area contributed by atoms with Gasteiger partial charge in [-0.1, -0.05) is 37.5 Å². The molecular formula is C30H34N2O2. The van der Waals surface area contributed by atoms with Crippen molar-refractivity contribution in [3.8, 4) is 0 Å². The smallest absolute Gasteiger partial charge is 0.337 e. The Bertz CT molecular complexity index is 1170. The molecule has 0 amide bonds. The summed E-state index contributed by atoms with van der Waals surface area (Å²) < 4.78 is 0. The third-order valence-electron chi connectivity index (χ3n) is 7.55. The van der Waals surface area contributed by atoms with E-state index in [0.717, 1.165) is 41.3 Å². The number of benzene rings is 3. The molecule has 5 rings (SSSR count). The molecule has 2 saturated carbocycles. The Hall–Kier alpha value is -3.27. The van der Waals surface area contributed by atoms with E-state index in [-0.39, 0.29) is 0 Å². The molecule has 3 aromatic rings.